The van der Waals surface area contributed by atoms with Crippen molar-refractivity contribution in [1.29, 1.82) is 0 Å². The van der Waals surface area contributed by atoms with E-state index in [2.05, 4.69) is 15.5 Å². The van der Waals surface area contributed by atoms with Gasteiger partial charge < -0.3 is 5.32 Å². The highest BCUT2D eigenvalue weighted by Crippen LogP contribution is 2.29. The number of nitrogens with zero attached hydrogens (tertiary/aromatic N) is 1. The van der Waals surface area contributed by atoms with Gasteiger partial charge in [0, 0.05) is 16.3 Å². The summed E-state index contributed by atoms with van der Waals surface area (Å²) in [4.78, 5) is 12.3. The third kappa shape index (κ3) is 3.28. The maximum absolute atomic E-state index is 12.9. The number of aromatic nitrogens is 2. The van der Waals surface area contributed by atoms with Crippen LogP contribution in [0.3, 0.4) is 0 Å². The van der Waals surface area contributed by atoms with Crippen LogP contribution in [0.2, 0.25) is 5.02 Å². The van der Waals surface area contributed by atoms with E-state index in [-0.39, 0.29) is 5.56 Å². The van der Waals surface area contributed by atoms with E-state index in [4.69, 9.17) is 11.6 Å². The fourth-order valence-corrected chi connectivity index (χ4v) is 2.43. The molecule has 0 aliphatic heterocycles. The molecule has 122 valence electrons. The maximum atomic E-state index is 12.9. The molecule has 4 nitrogen and oxygen atoms in total. The number of benzene rings is 2. The van der Waals surface area contributed by atoms with Gasteiger partial charge in [0.05, 0.1) is 11.8 Å². The van der Waals surface area contributed by atoms with Crippen molar-refractivity contribution in [3.05, 3.63) is 71.0 Å². The Hall–Kier alpha value is -2.73. The first kappa shape index (κ1) is 16.1. The van der Waals surface area contributed by atoms with Crippen molar-refractivity contribution in [3.8, 4) is 11.1 Å². The molecular formula is C17H12ClF2N3O. The number of alkyl halides is 2. The van der Waals surface area contributed by atoms with E-state index in [1.165, 1.54) is 0 Å². The number of hydrogen-bond donors (Lipinski definition) is 2. The Morgan fingerprint density at radius 1 is 1.12 bits per heavy atom. The number of rotatable bonds is 4. The quantitative estimate of drug-likeness (QED) is 0.703. The Morgan fingerprint density at radius 3 is 2.54 bits per heavy atom. The van der Waals surface area contributed by atoms with E-state index in [0.29, 0.717) is 10.7 Å². The van der Waals surface area contributed by atoms with Gasteiger partial charge >= 0.3 is 0 Å². The number of para-hydroxylation sites is 1. The van der Waals surface area contributed by atoms with Crippen molar-refractivity contribution in [2.45, 2.75) is 6.43 Å². The number of anilines is 1. The van der Waals surface area contributed by atoms with Gasteiger partial charge in [0.15, 0.2) is 0 Å². The normalized spacial score (nSPS) is 10.8. The summed E-state index contributed by atoms with van der Waals surface area (Å²) in [6.45, 7) is 0. The van der Waals surface area contributed by atoms with Gasteiger partial charge in [-0.2, -0.15) is 5.10 Å². The number of carbonyl (C=O) groups excluding carboxylic acids is 1. The van der Waals surface area contributed by atoms with E-state index in [1.807, 2.05) is 24.3 Å². The first-order valence-corrected chi connectivity index (χ1v) is 7.42. The van der Waals surface area contributed by atoms with Gasteiger partial charge in [-0.15, -0.1) is 0 Å². The summed E-state index contributed by atoms with van der Waals surface area (Å²) >= 11 is 5.89. The molecular weight excluding hydrogens is 336 g/mol. The first-order valence-electron chi connectivity index (χ1n) is 7.04. The number of nitrogens with one attached hydrogen (secondary N) is 2. The van der Waals surface area contributed by atoms with Crippen molar-refractivity contribution >= 4 is 23.2 Å². The molecule has 3 rings (SSSR count). The van der Waals surface area contributed by atoms with Gasteiger partial charge in [0.2, 0.25) is 0 Å². The topological polar surface area (TPSA) is 57.8 Å². The number of carbonyl (C=O) groups is 1. The summed E-state index contributed by atoms with van der Waals surface area (Å²) in [6, 6.07) is 14.2. The Morgan fingerprint density at radius 2 is 1.83 bits per heavy atom. The number of H-pyrrole nitrogens is 1. The van der Waals surface area contributed by atoms with E-state index < -0.39 is 18.0 Å². The van der Waals surface area contributed by atoms with Crippen LogP contribution in [-0.4, -0.2) is 16.1 Å². The SMILES string of the molecule is O=C(Nc1ccccc1-c1ccc(Cl)cc1)c1cn[nH]c1C(F)F. The monoisotopic (exact) mass is 347 g/mol. The molecule has 1 heterocycles. The maximum Gasteiger partial charge on any atom is 0.280 e. The summed E-state index contributed by atoms with van der Waals surface area (Å²) in [6.07, 6.45) is -1.72. The van der Waals surface area contributed by atoms with Crippen molar-refractivity contribution in [2.75, 3.05) is 5.32 Å². The molecule has 1 amide bonds. The molecule has 7 heteroatoms. The fourth-order valence-electron chi connectivity index (χ4n) is 2.31. The molecule has 3 aromatic rings. The summed E-state index contributed by atoms with van der Waals surface area (Å²) in [5.41, 5.74) is 1.42. The van der Waals surface area contributed by atoms with E-state index in [1.54, 1.807) is 24.3 Å². The molecule has 0 radical (unpaired) electrons. The third-order valence-corrected chi connectivity index (χ3v) is 3.71. The van der Waals surface area contributed by atoms with E-state index >= 15 is 0 Å². The minimum absolute atomic E-state index is 0.184. The Balaban J connectivity index is 1.92. The third-order valence-electron chi connectivity index (χ3n) is 3.46. The zero-order valence-electron chi connectivity index (χ0n) is 12.3. The second-order valence-electron chi connectivity index (χ2n) is 5.00. The van der Waals surface area contributed by atoms with Gasteiger partial charge in [0.25, 0.3) is 12.3 Å². The lowest BCUT2D eigenvalue weighted by Crippen LogP contribution is -2.14. The molecule has 0 saturated carbocycles. The van der Waals surface area contributed by atoms with Gasteiger partial charge in [-0.1, -0.05) is 41.9 Å². The lowest BCUT2D eigenvalue weighted by molar-refractivity contribution is 0.101. The molecule has 0 unspecified atom stereocenters. The van der Waals surface area contributed by atoms with Crippen LogP contribution in [0.5, 0.6) is 0 Å². The smallest absolute Gasteiger partial charge is 0.280 e. The molecule has 0 saturated heterocycles. The molecule has 0 atom stereocenters. The second-order valence-corrected chi connectivity index (χ2v) is 5.44. The molecule has 0 spiro atoms. The van der Waals surface area contributed by atoms with Crippen LogP contribution in [0, 0.1) is 0 Å². The van der Waals surface area contributed by atoms with Crippen molar-refractivity contribution < 1.29 is 13.6 Å². The standard InChI is InChI=1S/C17H12ClF2N3O/c18-11-7-5-10(6-8-11)12-3-1-2-4-14(12)22-17(24)13-9-21-23-15(13)16(19)20/h1-9,16H,(H,21,23)(H,22,24). The van der Waals surface area contributed by atoms with Crippen LogP contribution in [0.1, 0.15) is 22.5 Å². The predicted octanol–water partition coefficient (Wildman–Crippen LogP) is 4.92. The molecule has 0 aliphatic carbocycles. The molecule has 0 fully saturated rings. The van der Waals surface area contributed by atoms with Gasteiger partial charge in [-0.3, -0.25) is 9.89 Å². The van der Waals surface area contributed by atoms with Gasteiger partial charge in [-0.25, -0.2) is 8.78 Å². The number of amides is 1. The summed E-state index contributed by atoms with van der Waals surface area (Å²) in [5, 5.41) is 8.92. The Kier molecular flexibility index (Phi) is 4.57. The van der Waals surface area contributed by atoms with E-state index in [0.717, 1.165) is 17.3 Å². The minimum Gasteiger partial charge on any atom is -0.321 e. The van der Waals surface area contributed by atoms with Crippen LogP contribution in [0.25, 0.3) is 11.1 Å². The highest BCUT2D eigenvalue weighted by atomic mass is 35.5. The molecule has 1 aromatic heterocycles. The summed E-state index contributed by atoms with van der Waals surface area (Å²) < 4.78 is 25.8. The van der Waals surface area contributed by atoms with Crippen LogP contribution in [-0.2, 0) is 0 Å². The van der Waals surface area contributed by atoms with Crippen LogP contribution in [0.4, 0.5) is 14.5 Å². The average molecular weight is 348 g/mol. The van der Waals surface area contributed by atoms with Crippen molar-refractivity contribution in [2.24, 2.45) is 0 Å². The summed E-state index contributed by atoms with van der Waals surface area (Å²) in [5.74, 6) is -0.652. The number of aromatic amines is 1. The van der Waals surface area contributed by atoms with Crippen molar-refractivity contribution in [3.63, 3.8) is 0 Å². The Bertz CT molecular complexity index is 862. The number of hydrogen-bond acceptors (Lipinski definition) is 2. The zero-order chi connectivity index (χ0) is 17.1. The summed E-state index contributed by atoms with van der Waals surface area (Å²) in [7, 11) is 0. The highest BCUT2D eigenvalue weighted by Gasteiger charge is 2.21. The Labute approximate surface area is 141 Å². The van der Waals surface area contributed by atoms with Crippen LogP contribution in [0.15, 0.2) is 54.7 Å². The van der Waals surface area contributed by atoms with Crippen LogP contribution < -0.4 is 5.32 Å². The highest BCUT2D eigenvalue weighted by molar-refractivity contribution is 6.30. The van der Waals surface area contributed by atoms with Crippen LogP contribution >= 0.6 is 11.6 Å². The molecule has 0 bridgehead atoms. The largest absolute Gasteiger partial charge is 0.321 e. The molecule has 2 N–H and O–H groups in total. The molecule has 24 heavy (non-hydrogen) atoms. The average Bonchev–Trinajstić information content (AvgIpc) is 3.06. The lowest BCUT2D eigenvalue weighted by Gasteiger charge is -2.11. The first-order chi connectivity index (χ1) is 11.6. The second kappa shape index (κ2) is 6.80. The van der Waals surface area contributed by atoms with E-state index in [9.17, 15) is 13.6 Å². The molecule has 0 aliphatic rings. The molecule has 2 aromatic carbocycles. The van der Waals surface area contributed by atoms with Crippen molar-refractivity contribution in [1.82, 2.24) is 10.2 Å². The fraction of sp³-hybridized carbons (Fsp3) is 0.0588. The van der Waals surface area contributed by atoms with Gasteiger partial charge in [0.1, 0.15) is 5.69 Å². The van der Waals surface area contributed by atoms with Gasteiger partial charge in [-0.05, 0) is 23.8 Å². The predicted molar refractivity (Wildman–Crippen MR) is 88.4 cm³/mol. The minimum atomic E-state index is -2.81. The zero-order valence-corrected chi connectivity index (χ0v) is 13.0. The lowest BCUT2D eigenvalue weighted by atomic mass is 10.0. The number of halogens is 3.